The Balaban J connectivity index is 1.42. The van der Waals surface area contributed by atoms with Crippen LogP contribution in [0.2, 0.25) is 0 Å². The first-order valence-corrected chi connectivity index (χ1v) is 27.8. The maximum Gasteiger partial charge on any atom is 0.243 e. The van der Waals surface area contributed by atoms with Gasteiger partial charge in [0, 0.05) is 0 Å². The predicted octanol–water partition coefficient (Wildman–Crippen LogP) is 14.6. The Bertz CT molecular complexity index is 3320. The van der Waals surface area contributed by atoms with Crippen LogP contribution in [0.3, 0.4) is 0 Å². The second kappa shape index (κ2) is 19.0. The van der Waals surface area contributed by atoms with E-state index in [1.807, 2.05) is 12.1 Å². The first-order chi connectivity index (χ1) is 34.8. The van der Waals surface area contributed by atoms with Crippen molar-refractivity contribution in [2.24, 2.45) is 0 Å². The van der Waals surface area contributed by atoms with Crippen LogP contribution in [-0.4, -0.2) is 18.5 Å². The van der Waals surface area contributed by atoms with Crippen LogP contribution in [0.15, 0.2) is 121 Å². The van der Waals surface area contributed by atoms with E-state index in [2.05, 4.69) is 265 Å². The average Bonchev–Trinajstić information content (AvgIpc) is 3.58. The first-order valence-electron chi connectivity index (χ1n) is 27.8. The molecule has 2 aliphatic rings. The molecule has 3 heteroatoms. The van der Waals surface area contributed by atoms with E-state index < -0.39 is 0 Å². The minimum absolute atomic E-state index is 0.0277. The molecule has 0 unspecified atom stereocenters. The molecule has 0 bridgehead atoms. The Morgan fingerprint density at radius 1 is 0.320 bits per heavy atom. The molecule has 1 N–H and O–H groups in total. The van der Waals surface area contributed by atoms with Gasteiger partial charge in [-0.3, -0.25) is 0 Å². The zero-order chi connectivity index (χ0) is 54.5. The summed E-state index contributed by atoms with van der Waals surface area (Å²) in [5.41, 5.74) is 28.0. The third-order valence-electron chi connectivity index (χ3n) is 16.3. The van der Waals surface area contributed by atoms with Crippen LogP contribution in [0.25, 0.3) is 46.6 Å². The Morgan fingerprint density at radius 2 is 0.613 bits per heavy atom. The van der Waals surface area contributed by atoms with Gasteiger partial charge in [0.25, 0.3) is 0 Å². The molecule has 7 aromatic carbocycles. The number of aliphatic hydroxyl groups is 1. The van der Waals surface area contributed by atoms with Crippen LogP contribution < -0.4 is 32.8 Å². The normalized spacial score (nSPS) is 14.0. The van der Waals surface area contributed by atoms with Crippen molar-refractivity contribution in [2.45, 2.75) is 171 Å². The molecule has 9 rings (SSSR count). The maximum atomic E-state index is 9.94. The summed E-state index contributed by atoms with van der Waals surface area (Å²) in [5.74, 6) is 0. The van der Waals surface area contributed by atoms with Crippen molar-refractivity contribution < 1.29 is 5.11 Å². The summed E-state index contributed by atoms with van der Waals surface area (Å²) >= 11 is 0. The molecule has 0 atom stereocenters. The number of fused-ring (bicyclic) bond motifs is 4. The lowest BCUT2D eigenvalue weighted by Crippen LogP contribution is -2.60. The molecule has 0 radical (unpaired) electrons. The summed E-state index contributed by atoms with van der Waals surface area (Å²) in [6.45, 7) is 45.3. The Kier molecular flexibility index (Phi) is 13.6. The molecule has 0 spiro atoms. The summed E-state index contributed by atoms with van der Waals surface area (Å²) in [5, 5.41) is 9.94. The van der Waals surface area contributed by atoms with Crippen LogP contribution in [0, 0.1) is 6.92 Å². The highest BCUT2D eigenvalue weighted by molar-refractivity contribution is 6.99. The van der Waals surface area contributed by atoms with Gasteiger partial charge >= 0.3 is 0 Å². The molecule has 0 aliphatic carbocycles. The van der Waals surface area contributed by atoms with Crippen LogP contribution >= 0.6 is 0 Å². The lowest BCUT2D eigenvalue weighted by atomic mass is 9.31. The number of hydrogen-bond donors (Lipinski definition) is 1. The summed E-state index contributed by atoms with van der Waals surface area (Å²) in [6, 6.07) is 47.3. The largest absolute Gasteiger partial charge is 0.392 e. The third kappa shape index (κ3) is 10.5. The van der Waals surface area contributed by atoms with Crippen molar-refractivity contribution in [2.75, 3.05) is 0 Å². The van der Waals surface area contributed by atoms with Crippen molar-refractivity contribution in [1.29, 1.82) is 0 Å². The fraction of sp³-hybridized carbons (Fsp3) is 0.361. The minimum atomic E-state index is -0.148. The second-order valence-electron chi connectivity index (χ2n) is 28.5. The lowest BCUT2D eigenvalue weighted by molar-refractivity contribution is 0.282. The third-order valence-corrected chi connectivity index (χ3v) is 16.3. The number of aryl methyl sites for hydroxylation is 1. The zero-order valence-electron chi connectivity index (χ0n) is 49.2. The zero-order valence-corrected chi connectivity index (χ0v) is 49.2. The topological polar surface area (TPSA) is 20.2 Å². The highest BCUT2D eigenvalue weighted by atomic mass is 16.3. The quantitative estimate of drug-likeness (QED) is 0.170. The van der Waals surface area contributed by atoms with E-state index in [9.17, 15) is 5.11 Å². The van der Waals surface area contributed by atoms with Gasteiger partial charge in [-0.05, 0) is 135 Å². The molecule has 7 aromatic rings. The fourth-order valence-corrected chi connectivity index (χ4v) is 11.9. The van der Waals surface area contributed by atoms with E-state index in [1.54, 1.807) is 0 Å². The van der Waals surface area contributed by atoms with Crippen molar-refractivity contribution >= 4 is 70.5 Å². The molecule has 0 saturated carbocycles. The van der Waals surface area contributed by atoms with Crippen LogP contribution in [0.4, 0.5) is 0 Å². The Labute approximate surface area is 454 Å². The van der Waals surface area contributed by atoms with E-state index in [4.69, 9.17) is 0 Å². The standard InChI is InChI=1S/C72H84B2O/c1-45-20-24-47(25-21-45)49-32-34-61-51(36-49)28-30-53-38-64-54(39-63(53)73(61)65-57(69(8,9)10)40-55(67(2,3)4)41-58(65)70(11,12)13)31-29-52-37-50(48-26-22-46(44-75)23-27-48)33-35-62(52)74(64)66-59(71(14,15)16)42-56(68(5,6)7)43-60(66)72(17,18)19/h20-43,75H,44H2,1-19H3. The molecular formula is C72H84B2O. The molecular weight excluding hydrogens is 902 g/mol. The number of benzene rings is 7. The number of rotatable bonds is 5. The van der Waals surface area contributed by atoms with Gasteiger partial charge in [0.15, 0.2) is 0 Å². The van der Waals surface area contributed by atoms with Gasteiger partial charge in [0.05, 0.1) is 6.61 Å². The smallest absolute Gasteiger partial charge is 0.243 e. The van der Waals surface area contributed by atoms with E-state index in [0.29, 0.717) is 0 Å². The van der Waals surface area contributed by atoms with E-state index in [1.165, 1.54) is 111 Å². The maximum absolute atomic E-state index is 9.94. The van der Waals surface area contributed by atoms with Gasteiger partial charge in [-0.2, -0.15) is 0 Å². The van der Waals surface area contributed by atoms with Gasteiger partial charge < -0.3 is 5.11 Å². The monoisotopic (exact) mass is 987 g/mol. The molecule has 1 nitrogen and oxygen atoms in total. The lowest BCUT2D eigenvalue weighted by Gasteiger charge is -2.37. The van der Waals surface area contributed by atoms with Gasteiger partial charge in [0.1, 0.15) is 0 Å². The molecule has 384 valence electrons. The summed E-state index contributed by atoms with van der Waals surface area (Å²) in [7, 11) is 0. The number of aliphatic hydroxyl groups excluding tert-OH is 1. The van der Waals surface area contributed by atoms with Gasteiger partial charge in [0.2, 0.25) is 13.4 Å². The highest BCUT2D eigenvalue weighted by Gasteiger charge is 2.42. The SMILES string of the molecule is Cc1ccc(-c2ccc3c(c2)C=Cc2cc4c(cc2B3c2c(C(C)(C)C)cc(C(C)(C)C)cc2C(C)(C)C)C=Cc2cc(-c3ccc(CO)cc3)ccc2B4c2c(C(C)(C)C)cc(C(C)(C)C)cc2C(C)(C)C)cc1. The van der Waals surface area contributed by atoms with Crippen molar-refractivity contribution in [3.63, 3.8) is 0 Å². The van der Waals surface area contributed by atoms with Crippen molar-refractivity contribution in [3.05, 3.63) is 188 Å². The second-order valence-corrected chi connectivity index (χ2v) is 28.5. The van der Waals surface area contributed by atoms with E-state index >= 15 is 0 Å². The predicted molar refractivity (Wildman–Crippen MR) is 333 cm³/mol. The Morgan fingerprint density at radius 3 is 0.907 bits per heavy atom. The number of hydrogen-bond acceptors (Lipinski definition) is 1. The summed E-state index contributed by atoms with van der Waals surface area (Å²) in [4.78, 5) is 0. The molecule has 75 heavy (non-hydrogen) atoms. The van der Waals surface area contributed by atoms with Gasteiger partial charge in [-0.25, -0.2) is 0 Å². The Hall–Kier alpha value is -5.89. The van der Waals surface area contributed by atoms with E-state index in [0.717, 1.165) is 11.1 Å². The molecule has 2 heterocycles. The fourth-order valence-electron chi connectivity index (χ4n) is 11.9. The highest BCUT2D eigenvalue weighted by Crippen LogP contribution is 2.38. The molecule has 0 saturated heterocycles. The molecule has 0 fully saturated rings. The van der Waals surface area contributed by atoms with Crippen molar-refractivity contribution in [3.8, 4) is 22.3 Å². The molecule has 2 aliphatic heterocycles. The van der Waals surface area contributed by atoms with Gasteiger partial charge in [-0.15, -0.1) is 0 Å². The first kappa shape index (κ1) is 53.9. The van der Waals surface area contributed by atoms with Crippen LogP contribution in [0.5, 0.6) is 0 Å². The summed E-state index contributed by atoms with van der Waals surface area (Å²) < 4.78 is 0. The molecule has 0 aromatic heterocycles. The minimum Gasteiger partial charge on any atom is -0.392 e. The van der Waals surface area contributed by atoms with Gasteiger partial charge in [-0.1, -0.05) is 296 Å². The summed E-state index contributed by atoms with van der Waals surface area (Å²) in [6.07, 6.45) is 9.73. The van der Waals surface area contributed by atoms with Crippen LogP contribution in [-0.2, 0) is 39.1 Å². The van der Waals surface area contributed by atoms with Crippen LogP contribution in [0.1, 0.15) is 191 Å². The van der Waals surface area contributed by atoms with E-state index in [-0.39, 0.29) is 52.5 Å². The average molecular weight is 987 g/mol. The van der Waals surface area contributed by atoms with Crippen molar-refractivity contribution in [1.82, 2.24) is 0 Å². The molecule has 0 amide bonds.